The Hall–Kier alpha value is -2.52. The van der Waals surface area contributed by atoms with Gasteiger partial charge in [-0.15, -0.1) is 0 Å². The molecule has 2 rings (SSSR count). The van der Waals surface area contributed by atoms with Gasteiger partial charge in [0, 0.05) is 11.8 Å². The van der Waals surface area contributed by atoms with Crippen LogP contribution in [0.1, 0.15) is 21.6 Å². The number of benzene rings is 1. The maximum Gasteiger partial charge on any atom is 0.434 e. The quantitative estimate of drug-likeness (QED) is 0.764. The van der Waals surface area contributed by atoms with Crippen molar-refractivity contribution in [3.8, 4) is 5.75 Å². The van der Waals surface area contributed by atoms with E-state index in [1.165, 1.54) is 19.2 Å². The minimum absolute atomic E-state index is 0.0657. The van der Waals surface area contributed by atoms with E-state index in [-0.39, 0.29) is 16.7 Å². The predicted molar refractivity (Wildman–Crippen MR) is 79.7 cm³/mol. The maximum atomic E-state index is 14.0. The van der Waals surface area contributed by atoms with Crippen molar-refractivity contribution in [1.29, 1.82) is 0 Å². The second kappa shape index (κ2) is 7.38. The molecule has 10 heteroatoms. The highest BCUT2D eigenvalue weighted by Gasteiger charge is 2.40. The Morgan fingerprint density at radius 1 is 1.27 bits per heavy atom. The molecule has 0 fully saturated rings. The molecule has 2 unspecified atom stereocenters. The molecule has 26 heavy (non-hydrogen) atoms. The molecule has 0 spiro atoms. The predicted octanol–water partition coefficient (Wildman–Crippen LogP) is 4.15. The number of carboxylic acid groups (broad SMARTS) is 1. The number of pyridine rings is 1. The van der Waals surface area contributed by atoms with Gasteiger partial charge in [-0.2, -0.15) is 13.2 Å². The average Bonchev–Trinajstić information content (AvgIpc) is 2.58. The molecule has 142 valence electrons. The summed E-state index contributed by atoms with van der Waals surface area (Å²) < 4.78 is 84.5. The van der Waals surface area contributed by atoms with Crippen molar-refractivity contribution in [2.24, 2.45) is 0 Å². The van der Waals surface area contributed by atoms with Crippen molar-refractivity contribution in [2.75, 3.05) is 13.8 Å². The van der Waals surface area contributed by atoms with Crippen LogP contribution in [0.25, 0.3) is 10.9 Å². The minimum Gasteiger partial charge on any atom is -0.496 e. The van der Waals surface area contributed by atoms with Gasteiger partial charge >= 0.3 is 12.1 Å². The highest BCUT2D eigenvalue weighted by Crippen LogP contribution is 2.39. The van der Waals surface area contributed by atoms with Crippen LogP contribution in [0.2, 0.25) is 0 Å². The summed E-state index contributed by atoms with van der Waals surface area (Å²) in [5.41, 5.74) is -4.03. The number of fused-ring (bicyclic) bond motifs is 1. The molecule has 0 saturated carbocycles. The number of hydrogen-bond acceptors (Lipinski definition) is 3. The van der Waals surface area contributed by atoms with E-state index in [4.69, 9.17) is 4.74 Å². The van der Waals surface area contributed by atoms with Crippen molar-refractivity contribution >= 4 is 16.9 Å². The van der Waals surface area contributed by atoms with Gasteiger partial charge in [-0.05, 0) is 17.7 Å². The lowest BCUT2D eigenvalue weighted by atomic mass is 9.94. The van der Waals surface area contributed by atoms with Crippen LogP contribution >= 0.6 is 0 Å². The molecule has 0 saturated heterocycles. The lowest BCUT2D eigenvalue weighted by Crippen LogP contribution is -2.25. The van der Waals surface area contributed by atoms with Crippen molar-refractivity contribution < 1.29 is 41.0 Å². The third-order valence-corrected chi connectivity index (χ3v) is 3.72. The van der Waals surface area contributed by atoms with E-state index in [0.29, 0.717) is 0 Å². The van der Waals surface area contributed by atoms with Crippen molar-refractivity contribution in [3.05, 3.63) is 35.0 Å². The standard InChI is InChI=1S/C16H13F6NO3/c1-26-11-4-2-3-10-12(11)7(5-8(18)9(19)6-17)13(15(24)25)14(23-10)16(20,21)22/h2-4,8-9H,5-6H2,1H3,(H,24,25). The molecule has 1 aromatic carbocycles. The summed E-state index contributed by atoms with van der Waals surface area (Å²) in [4.78, 5) is 14.8. The fourth-order valence-electron chi connectivity index (χ4n) is 2.59. The SMILES string of the molecule is COc1cccc2nc(C(F)(F)F)c(C(=O)O)c(CC(F)C(F)CF)c12. The molecular formula is C16H13F6NO3. The van der Waals surface area contributed by atoms with Crippen LogP contribution in [0.5, 0.6) is 5.75 Å². The summed E-state index contributed by atoms with van der Waals surface area (Å²) >= 11 is 0. The molecule has 0 aliphatic heterocycles. The first kappa shape index (κ1) is 19.8. The first-order valence-corrected chi connectivity index (χ1v) is 7.26. The summed E-state index contributed by atoms with van der Waals surface area (Å²) in [6.45, 7) is -1.70. The van der Waals surface area contributed by atoms with E-state index in [2.05, 4.69) is 4.98 Å². The molecule has 0 aliphatic rings. The fourth-order valence-corrected chi connectivity index (χ4v) is 2.59. The van der Waals surface area contributed by atoms with E-state index in [0.717, 1.165) is 6.07 Å². The van der Waals surface area contributed by atoms with Crippen LogP contribution in [0.3, 0.4) is 0 Å². The summed E-state index contributed by atoms with van der Waals surface area (Å²) in [7, 11) is 1.17. The zero-order valence-corrected chi connectivity index (χ0v) is 13.3. The van der Waals surface area contributed by atoms with Crippen LogP contribution in [-0.4, -0.2) is 42.2 Å². The van der Waals surface area contributed by atoms with Crippen LogP contribution in [0.4, 0.5) is 26.3 Å². The lowest BCUT2D eigenvalue weighted by molar-refractivity contribution is -0.141. The number of carbonyl (C=O) groups is 1. The summed E-state index contributed by atoms with van der Waals surface area (Å²) in [5.74, 6) is -2.08. The van der Waals surface area contributed by atoms with Crippen LogP contribution in [0.15, 0.2) is 18.2 Å². The number of nitrogens with zero attached hydrogens (tertiary/aromatic N) is 1. The van der Waals surface area contributed by atoms with E-state index in [9.17, 15) is 36.2 Å². The van der Waals surface area contributed by atoms with Gasteiger partial charge in [0.05, 0.1) is 18.2 Å². The van der Waals surface area contributed by atoms with Gasteiger partial charge in [-0.25, -0.2) is 22.9 Å². The Balaban J connectivity index is 2.89. The second-order valence-corrected chi connectivity index (χ2v) is 5.36. The number of ether oxygens (including phenoxy) is 1. The van der Waals surface area contributed by atoms with Gasteiger partial charge in [0.15, 0.2) is 11.9 Å². The molecule has 2 atom stereocenters. The largest absolute Gasteiger partial charge is 0.496 e. The molecule has 0 aliphatic carbocycles. The Morgan fingerprint density at radius 3 is 2.42 bits per heavy atom. The lowest BCUT2D eigenvalue weighted by Gasteiger charge is -2.19. The van der Waals surface area contributed by atoms with Crippen molar-refractivity contribution in [2.45, 2.75) is 24.9 Å². The number of alkyl halides is 6. The first-order valence-electron chi connectivity index (χ1n) is 7.26. The summed E-state index contributed by atoms with van der Waals surface area (Å²) in [6.07, 6.45) is -11.4. The van der Waals surface area contributed by atoms with Crippen molar-refractivity contribution in [1.82, 2.24) is 4.98 Å². The van der Waals surface area contributed by atoms with E-state index in [1.54, 1.807) is 0 Å². The van der Waals surface area contributed by atoms with E-state index in [1.807, 2.05) is 0 Å². The van der Waals surface area contributed by atoms with E-state index >= 15 is 0 Å². The molecular weight excluding hydrogens is 368 g/mol. The van der Waals surface area contributed by atoms with Crippen LogP contribution in [-0.2, 0) is 12.6 Å². The monoisotopic (exact) mass is 381 g/mol. The van der Waals surface area contributed by atoms with Gasteiger partial charge in [-0.3, -0.25) is 0 Å². The maximum absolute atomic E-state index is 14.0. The fraction of sp³-hybridized carbons (Fsp3) is 0.375. The summed E-state index contributed by atoms with van der Waals surface area (Å²) in [5, 5.41) is 9.07. The minimum atomic E-state index is -5.15. The Kier molecular flexibility index (Phi) is 5.62. The molecule has 4 nitrogen and oxygen atoms in total. The summed E-state index contributed by atoms with van der Waals surface area (Å²) in [6, 6.07) is 3.77. The molecule has 0 amide bonds. The van der Waals surface area contributed by atoms with E-state index < -0.39 is 54.4 Å². The molecule has 1 N–H and O–H groups in total. The van der Waals surface area contributed by atoms with Crippen molar-refractivity contribution in [3.63, 3.8) is 0 Å². The van der Waals surface area contributed by atoms with Gasteiger partial charge in [-0.1, -0.05) is 6.07 Å². The number of aromatic carboxylic acids is 1. The van der Waals surface area contributed by atoms with Gasteiger partial charge < -0.3 is 9.84 Å². The number of methoxy groups -OCH3 is 1. The smallest absolute Gasteiger partial charge is 0.434 e. The molecule has 2 aromatic rings. The topological polar surface area (TPSA) is 59.4 Å². The zero-order valence-electron chi connectivity index (χ0n) is 13.3. The molecule has 1 heterocycles. The number of halogens is 6. The second-order valence-electron chi connectivity index (χ2n) is 5.36. The molecule has 1 aromatic heterocycles. The van der Waals surface area contributed by atoms with Crippen LogP contribution < -0.4 is 4.74 Å². The van der Waals surface area contributed by atoms with Gasteiger partial charge in [0.25, 0.3) is 0 Å². The normalized spacial score (nSPS) is 14.3. The van der Waals surface area contributed by atoms with Gasteiger partial charge in [0.2, 0.25) is 0 Å². The number of hydrogen-bond donors (Lipinski definition) is 1. The Morgan fingerprint density at radius 2 is 1.92 bits per heavy atom. The molecule has 0 bridgehead atoms. The van der Waals surface area contributed by atoms with Gasteiger partial charge in [0.1, 0.15) is 18.6 Å². The Labute approximate surface area is 143 Å². The van der Waals surface area contributed by atoms with Crippen LogP contribution in [0, 0.1) is 0 Å². The first-order chi connectivity index (χ1) is 12.1. The zero-order chi connectivity index (χ0) is 19.6. The highest BCUT2D eigenvalue weighted by molar-refractivity contribution is 6.00. The Bertz CT molecular complexity index is 824. The third kappa shape index (κ3) is 3.68. The number of rotatable bonds is 6. The number of carboxylic acids is 1. The highest BCUT2D eigenvalue weighted by atomic mass is 19.4. The third-order valence-electron chi connectivity index (χ3n) is 3.72. The molecule has 0 radical (unpaired) electrons. The number of aromatic nitrogens is 1. The average molecular weight is 381 g/mol.